The fraction of sp³-hybridized carbons (Fsp3) is 0.300. The van der Waals surface area contributed by atoms with Crippen molar-refractivity contribution in [3.05, 3.63) is 65.7 Å². The van der Waals surface area contributed by atoms with E-state index in [1.807, 2.05) is 68.4 Å². The molecule has 0 N–H and O–H groups in total. The van der Waals surface area contributed by atoms with Gasteiger partial charge < -0.3 is 9.80 Å². The zero-order valence-corrected chi connectivity index (χ0v) is 14.5. The first-order valence-corrected chi connectivity index (χ1v) is 8.18. The van der Waals surface area contributed by atoms with Crippen molar-refractivity contribution in [3.63, 3.8) is 0 Å². The number of carbonyl (C=O) groups excluding carboxylic acids is 2. The van der Waals surface area contributed by atoms with Crippen LogP contribution < -0.4 is 4.90 Å². The van der Waals surface area contributed by atoms with E-state index in [0.717, 1.165) is 16.8 Å². The molecule has 24 heavy (non-hydrogen) atoms. The van der Waals surface area contributed by atoms with Gasteiger partial charge >= 0.3 is 0 Å². The molecule has 4 heteroatoms. The molecule has 0 unspecified atom stereocenters. The first-order valence-electron chi connectivity index (χ1n) is 8.18. The molecule has 126 valence electrons. The molecule has 0 aromatic heterocycles. The molecule has 4 nitrogen and oxygen atoms in total. The van der Waals surface area contributed by atoms with Gasteiger partial charge in [-0.2, -0.15) is 0 Å². The maximum atomic E-state index is 12.7. The van der Waals surface area contributed by atoms with Gasteiger partial charge in [0, 0.05) is 25.7 Å². The number of aryl methyl sites for hydroxylation is 1. The van der Waals surface area contributed by atoms with Gasteiger partial charge in [0.2, 0.25) is 11.8 Å². The number of anilines is 1. The maximum Gasteiger partial charge on any atom is 0.242 e. The van der Waals surface area contributed by atoms with Gasteiger partial charge in [-0.1, -0.05) is 48.5 Å². The zero-order valence-electron chi connectivity index (χ0n) is 14.5. The first-order chi connectivity index (χ1) is 11.5. The van der Waals surface area contributed by atoms with Crippen LogP contribution in [0.25, 0.3) is 0 Å². The Balaban J connectivity index is 2.14. The number of amides is 2. The minimum Gasteiger partial charge on any atom is -0.337 e. The molecule has 0 saturated heterocycles. The number of para-hydroxylation sites is 1. The van der Waals surface area contributed by atoms with Crippen LogP contribution in [0, 0.1) is 6.92 Å². The Kier molecular flexibility index (Phi) is 6.13. The predicted octanol–water partition coefficient (Wildman–Crippen LogP) is 3.40. The summed E-state index contributed by atoms with van der Waals surface area (Å²) in [6, 6.07) is 17.5. The van der Waals surface area contributed by atoms with E-state index in [0.29, 0.717) is 13.1 Å². The number of carbonyl (C=O) groups is 2. The normalized spacial score (nSPS) is 10.3. The highest BCUT2D eigenvalue weighted by atomic mass is 16.2. The largest absolute Gasteiger partial charge is 0.337 e. The molecule has 0 spiro atoms. The second-order valence-electron chi connectivity index (χ2n) is 5.79. The highest BCUT2D eigenvalue weighted by Crippen LogP contribution is 2.20. The minimum atomic E-state index is -0.131. The standard InChI is InChI=1S/C20H24N2O2/c1-4-21(14-18-11-6-5-7-12-18)20(24)15-22(17(3)23)19-13-9-8-10-16(19)2/h5-13H,4,14-15H2,1-3H3. The third-order valence-corrected chi connectivity index (χ3v) is 4.03. The quantitative estimate of drug-likeness (QED) is 0.817. The molecule has 0 heterocycles. The zero-order chi connectivity index (χ0) is 17.5. The van der Waals surface area contributed by atoms with Crippen LogP contribution >= 0.6 is 0 Å². The number of benzene rings is 2. The Hall–Kier alpha value is -2.62. The molecular formula is C20H24N2O2. The summed E-state index contributed by atoms with van der Waals surface area (Å²) >= 11 is 0. The molecule has 2 amide bonds. The van der Waals surface area contributed by atoms with Gasteiger partial charge in [-0.3, -0.25) is 9.59 Å². The van der Waals surface area contributed by atoms with Gasteiger partial charge in [0.25, 0.3) is 0 Å². The molecule has 2 aromatic carbocycles. The van der Waals surface area contributed by atoms with Crippen molar-refractivity contribution in [2.24, 2.45) is 0 Å². The molecule has 0 atom stereocenters. The monoisotopic (exact) mass is 324 g/mol. The number of nitrogens with zero attached hydrogens (tertiary/aromatic N) is 2. The Labute approximate surface area is 143 Å². The van der Waals surface area contributed by atoms with E-state index in [2.05, 4.69) is 0 Å². The van der Waals surface area contributed by atoms with E-state index in [-0.39, 0.29) is 18.4 Å². The summed E-state index contributed by atoms with van der Waals surface area (Å²) in [5.41, 5.74) is 2.85. The molecule has 2 rings (SSSR count). The van der Waals surface area contributed by atoms with Gasteiger partial charge in [-0.15, -0.1) is 0 Å². The topological polar surface area (TPSA) is 40.6 Å². The molecular weight excluding hydrogens is 300 g/mol. The van der Waals surface area contributed by atoms with Gasteiger partial charge in [-0.05, 0) is 31.0 Å². The summed E-state index contributed by atoms with van der Waals surface area (Å²) in [4.78, 5) is 28.1. The van der Waals surface area contributed by atoms with Crippen molar-refractivity contribution in [3.8, 4) is 0 Å². The second-order valence-corrected chi connectivity index (χ2v) is 5.79. The van der Waals surface area contributed by atoms with Crippen molar-refractivity contribution >= 4 is 17.5 Å². The molecule has 0 bridgehead atoms. The first kappa shape index (κ1) is 17.7. The van der Waals surface area contributed by atoms with Crippen LogP contribution in [-0.4, -0.2) is 29.8 Å². The van der Waals surface area contributed by atoms with Gasteiger partial charge in [0.05, 0.1) is 0 Å². The van der Waals surface area contributed by atoms with E-state index < -0.39 is 0 Å². The average molecular weight is 324 g/mol. The second kappa shape index (κ2) is 8.29. The lowest BCUT2D eigenvalue weighted by Gasteiger charge is -2.27. The Morgan fingerprint density at radius 2 is 1.58 bits per heavy atom. The van der Waals surface area contributed by atoms with Crippen molar-refractivity contribution in [2.45, 2.75) is 27.3 Å². The average Bonchev–Trinajstić information content (AvgIpc) is 2.59. The maximum absolute atomic E-state index is 12.7. The summed E-state index contributed by atoms with van der Waals surface area (Å²) in [6.45, 7) is 6.60. The summed E-state index contributed by atoms with van der Waals surface area (Å²) in [5.74, 6) is -0.187. The fourth-order valence-corrected chi connectivity index (χ4v) is 2.65. The van der Waals surface area contributed by atoms with Crippen LogP contribution in [0.2, 0.25) is 0 Å². The van der Waals surface area contributed by atoms with E-state index in [1.165, 1.54) is 6.92 Å². The lowest BCUT2D eigenvalue weighted by molar-refractivity contribution is -0.131. The lowest BCUT2D eigenvalue weighted by atomic mass is 10.1. The highest BCUT2D eigenvalue weighted by Gasteiger charge is 2.20. The summed E-state index contributed by atoms with van der Waals surface area (Å²) in [7, 11) is 0. The van der Waals surface area contributed by atoms with E-state index >= 15 is 0 Å². The fourth-order valence-electron chi connectivity index (χ4n) is 2.65. The molecule has 0 aliphatic carbocycles. The number of hydrogen-bond acceptors (Lipinski definition) is 2. The Bertz CT molecular complexity index is 698. The highest BCUT2D eigenvalue weighted by molar-refractivity contribution is 5.98. The van der Waals surface area contributed by atoms with Gasteiger partial charge in [0.15, 0.2) is 0 Å². The van der Waals surface area contributed by atoms with Crippen molar-refractivity contribution < 1.29 is 9.59 Å². The van der Waals surface area contributed by atoms with Gasteiger partial charge in [0.1, 0.15) is 6.54 Å². The van der Waals surface area contributed by atoms with Crippen LogP contribution in [0.4, 0.5) is 5.69 Å². The van der Waals surface area contributed by atoms with E-state index in [1.54, 1.807) is 9.80 Å². The van der Waals surface area contributed by atoms with Crippen LogP contribution in [0.15, 0.2) is 54.6 Å². The van der Waals surface area contributed by atoms with Crippen LogP contribution in [-0.2, 0) is 16.1 Å². The minimum absolute atomic E-state index is 0.0557. The number of rotatable bonds is 6. The Morgan fingerprint density at radius 1 is 0.958 bits per heavy atom. The SMILES string of the molecule is CCN(Cc1ccccc1)C(=O)CN(C(C)=O)c1ccccc1C. The van der Waals surface area contributed by atoms with Crippen LogP contribution in [0.5, 0.6) is 0 Å². The van der Waals surface area contributed by atoms with Crippen LogP contribution in [0.1, 0.15) is 25.0 Å². The molecule has 0 fully saturated rings. The van der Waals surface area contributed by atoms with E-state index in [9.17, 15) is 9.59 Å². The molecule has 2 aromatic rings. The summed E-state index contributed by atoms with van der Waals surface area (Å²) in [5, 5.41) is 0. The van der Waals surface area contributed by atoms with Crippen LogP contribution in [0.3, 0.4) is 0 Å². The van der Waals surface area contributed by atoms with Crippen molar-refractivity contribution in [2.75, 3.05) is 18.0 Å². The number of likely N-dealkylation sites (N-methyl/N-ethyl adjacent to an activating group) is 1. The third kappa shape index (κ3) is 4.44. The van der Waals surface area contributed by atoms with Crippen molar-refractivity contribution in [1.29, 1.82) is 0 Å². The molecule has 0 aliphatic rings. The predicted molar refractivity (Wildman–Crippen MR) is 96.7 cm³/mol. The molecule has 0 saturated carbocycles. The third-order valence-electron chi connectivity index (χ3n) is 4.03. The summed E-state index contributed by atoms with van der Waals surface area (Å²) in [6.07, 6.45) is 0. The van der Waals surface area contributed by atoms with Gasteiger partial charge in [-0.25, -0.2) is 0 Å². The lowest BCUT2D eigenvalue weighted by Crippen LogP contribution is -2.42. The van der Waals surface area contributed by atoms with Crippen molar-refractivity contribution in [1.82, 2.24) is 4.90 Å². The smallest absolute Gasteiger partial charge is 0.242 e. The summed E-state index contributed by atoms with van der Waals surface area (Å²) < 4.78 is 0. The molecule has 0 radical (unpaired) electrons. The Morgan fingerprint density at radius 3 is 2.17 bits per heavy atom. The van der Waals surface area contributed by atoms with E-state index in [4.69, 9.17) is 0 Å². The molecule has 0 aliphatic heterocycles. The number of hydrogen-bond donors (Lipinski definition) is 0.